The molecule has 0 aliphatic heterocycles. The first-order valence-electron chi connectivity index (χ1n) is 6.01. The third-order valence-electron chi connectivity index (χ3n) is 2.35. The van der Waals surface area contributed by atoms with Crippen molar-refractivity contribution >= 4 is 16.8 Å². The van der Waals surface area contributed by atoms with Crippen LogP contribution >= 0.6 is 11.6 Å². The second-order valence-electron chi connectivity index (χ2n) is 4.57. The minimum atomic E-state index is -0.476. The lowest BCUT2D eigenvalue weighted by atomic mass is 10.1. The molecule has 4 heteroatoms. The highest BCUT2D eigenvalue weighted by Crippen LogP contribution is 2.20. The van der Waals surface area contributed by atoms with Gasteiger partial charge in [-0.15, -0.1) is 0 Å². The average molecular weight is 271 g/mol. The highest BCUT2D eigenvalue weighted by Gasteiger charge is 2.06. The third-order valence-corrected chi connectivity index (χ3v) is 2.57. The maximum Gasteiger partial charge on any atom is 0.252 e. The summed E-state index contributed by atoms with van der Waals surface area (Å²) in [5.74, 6) is 1.19. The van der Waals surface area contributed by atoms with Crippen LogP contribution in [0, 0.1) is 12.8 Å². The van der Waals surface area contributed by atoms with Crippen molar-refractivity contribution in [2.45, 2.75) is 20.8 Å². The van der Waals surface area contributed by atoms with E-state index in [1.165, 1.54) is 0 Å². The molecule has 0 atom stereocenters. The predicted molar refractivity (Wildman–Crippen MR) is 72.5 cm³/mol. The summed E-state index contributed by atoms with van der Waals surface area (Å²) in [5, 5.41) is -0.476. The minimum absolute atomic E-state index is 0.445. The van der Waals surface area contributed by atoms with Gasteiger partial charge in [0.15, 0.2) is 0 Å². The van der Waals surface area contributed by atoms with Crippen LogP contribution in [0.15, 0.2) is 18.2 Å². The molecule has 0 radical (unpaired) electrons. The van der Waals surface area contributed by atoms with Crippen molar-refractivity contribution in [3.63, 3.8) is 0 Å². The molecular weight excluding hydrogens is 252 g/mol. The molecule has 0 saturated heterocycles. The van der Waals surface area contributed by atoms with E-state index in [1.54, 1.807) is 12.1 Å². The Morgan fingerprint density at radius 2 is 2.06 bits per heavy atom. The zero-order valence-electron chi connectivity index (χ0n) is 11.0. The topological polar surface area (TPSA) is 35.5 Å². The van der Waals surface area contributed by atoms with Gasteiger partial charge in [-0.1, -0.05) is 19.9 Å². The second kappa shape index (κ2) is 7.39. The van der Waals surface area contributed by atoms with Crippen molar-refractivity contribution in [2.75, 3.05) is 19.8 Å². The quantitative estimate of drug-likeness (QED) is 0.562. The molecule has 0 unspecified atom stereocenters. The van der Waals surface area contributed by atoms with Crippen LogP contribution in [0.1, 0.15) is 29.8 Å². The largest absolute Gasteiger partial charge is 0.491 e. The summed E-state index contributed by atoms with van der Waals surface area (Å²) in [6.45, 7) is 7.85. The van der Waals surface area contributed by atoms with Crippen LogP contribution in [0.2, 0.25) is 0 Å². The molecule has 1 aromatic rings. The fourth-order valence-corrected chi connectivity index (χ4v) is 1.52. The first-order chi connectivity index (χ1) is 8.50. The number of rotatable bonds is 7. The van der Waals surface area contributed by atoms with Crippen LogP contribution in [-0.4, -0.2) is 25.1 Å². The van der Waals surface area contributed by atoms with Gasteiger partial charge in [-0.2, -0.15) is 0 Å². The van der Waals surface area contributed by atoms with E-state index in [4.69, 9.17) is 21.1 Å². The van der Waals surface area contributed by atoms with E-state index in [9.17, 15) is 4.79 Å². The number of aryl methyl sites for hydroxylation is 1. The van der Waals surface area contributed by atoms with Crippen LogP contribution in [0.4, 0.5) is 0 Å². The van der Waals surface area contributed by atoms with E-state index in [2.05, 4.69) is 13.8 Å². The molecule has 0 N–H and O–H groups in total. The third kappa shape index (κ3) is 5.07. The molecule has 0 amide bonds. The highest BCUT2D eigenvalue weighted by atomic mass is 35.5. The number of benzene rings is 1. The standard InChI is InChI=1S/C14H19ClO3/c1-10(2)9-17-6-7-18-13-8-12(14(15)16)5-4-11(13)3/h4-5,8,10H,6-7,9H2,1-3H3. The van der Waals surface area contributed by atoms with Gasteiger partial charge in [-0.3, -0.25) is 4.79 Å². The van der Waals surface area contributed by atoms with E-state index >= 15 is 0 Å². The Balaban J connectivity index is 2.46. The van der Waals surface area contributed by atoms with Crippen molar-refractivity contribution in [3.8, 4) is 5.75 Å². The van der Waals surface area contributed by atoms with Gasteiger partial charge in [0.1, 0.15) is 12.4 Å². The van der Waals surface area contributed by atoms with Gasteiger partial charge >= 0.3 is 0 Å². The van der Waals surface area contributed by atoms with Crippen molar-refractivity contribution in [1.29, 1.82) is 0 Å². The molecule has 18 heavy (non-hydrogen) atoms. The average Bonchev–Trinajstić information content (AvgIpc) is 2.30. The molecule has 0 spiro atoms. The van der Waals surface area contributed by atoms with E-state index in [1.807, 2.05) is 13.0 Å². The van der Waals surface area contributed by atoms with Gasteiger partial charge in [0.25, 0.3) is 5.24 Å². The zero-order chi connectivity index (χ0) is 13.5. The summed E-state index contributed by atoms with van der Waals surface area (Å²) < 4.78 is 11.0. The Bertz CT molecular complexity index is 402. The number of hydrogen-bond acceptors (Lipinski definition) is 3. The van der Waals surface area contributed by atoms with E-state index in [-0.39, 0.29) is 0 Å². The number of carbonyl (C=O) groups excluding carboxylic acids is 1. The van der Waals surface area contributed by atoms with Crippen LogP contribution in [0.3, 0.4) is 0 Å². The zero-order valence-corrected chi connectivity index (χ0v) is 11.8. The molecular formula is C14H19ClO3. The van der Waals surface area contributed by atoms with Crippen molar-refractivity contribution in [2.24, 2.45) is 5.92 Å². The molecule has 0 aromatic heterocycles. The SMILES string of the molecule is Cc1ccc(C(=O)Cl)cc1OCCOCC(C)C. The maximum atomic E-state index is 11.0. The summed E-state index contributed by atoms with van der Waals surface area (Å²) in [6.07, 6.45) is 0. The molecule has 0 saturated carbocycles. The van der Waals surface area contributed by atoms with Crippen LogP contribution < -0.4 is 4.74 Å². The molecule has 1 rings (SSSR count). The van der Waals surface area contributed by atoms with Gasteiger partial charge in [-0.25, -0.2) is 0 Å². The van der Waals surface area contributed by atoms with E-state index in [0.717, 1.165) is 12.2 Å². The highest BCUT2D eigenvalue weighted by molar-refractivity contribution is 6.67. The number of halogens is 1. The fraction of sp³-hybridized carbons (Fsp3) is 0.500. The first kappa shape index (κ1) is 15.0. The second-order valence-corrected chi connectivity index (χ2v) is 4.91. The predicted octanol–water partition coefficient (Wildman–Crippen LogP) is 3.43. The van der Waals surface area contributed by atoms with Crippen LogP contribution in [0.5, 0.6) is 5.75 Å². The first-order valence-corrected chi connectivity index (χ1v) is 6.39. The van der Waals surface area contributed by atoms with E-state index in [0.29, 0.717) is 30.4 Å². The van der Waals surface area contributed by atoms with Gasteiger partial charge in [-0.05, 0) is 42.1 Å². The lowest BCUT2D eigenvalue weighted by Gasteiger charge is -2.11. The Labute approximate surface area is 113 Å². The summed E-state index contributed by atoms with van der Waals surface area (Å²) in [6, 6.07) is 5.17. The smallest absolute Gasteiger partial charge is 0.252 e. The fourth-order valence-electron chi connectivity index (χ4n) is 1.41. The van der Waals surface area contributed by atoms with Crippen LogP contribution in [-0.2, 0) is 4.74 Å². The molecule has 0 fully saturated rings. The Hall–Kier alpha value is -1.06. The molecule has 3 nitrogen and oxygen atoms in total. The lowest BCUT2D eigenvalue weighted by Crippen LogP contribution is -2.10. The summed E-state index contributed by atoms with van der Waals surface area (Å²) >= 11 is 5.43. The summed E-state index contributed by atoms with van der Waals surface area (Å²) in [5.41, 5.74) is 1.42. The van der Waals surface area contributed by atoms with Gasteiger partial charge in [0.2, 0.25) is 0 Å². The minimum Gasteiger partial charge on any atom is -0.491 e. The molecule has 0 bridgehead atoms. The number of carbonyl (C=O) groups is 1. The monoisotopic (exact) mass is 270 g/mol. The molecule has 1 aromatic carbocycles. The Kier molecular flexibility index (Phi) is 6.16. The van der Waals surface area contributed by atoms with Gasteiger partial charge in [0, 0.05) is 12.2 Å². The summed E-state index contributed by atoms with van der Waals surface area (Å²) in [4.78, 5) is 11.0. The summed E-state index contributed by atoms with van der Waals surface area (Å²) in [7, 11) is 0. The molecule has 100 valence electrons. The molecule has 0 aliphatic rings. The van der Waals surface area contributed by atoms with E-state index < -0.39 is 5.24 Å². The number of hydrogen-bond donors (Lipinski definition) is 0. The van der Waals surface area contributed by atoms with Crippen LogP contribution in [0.25, 0.3) is 0 Å². The van der Waals surface area contributed by atoms with Gasteiger partial charge < -0.3 is 9.47 Å². The maximum absolute atomic E-state index is 11.0. The Morgan fingerprint density at radius 3 is 2.67 bits per heavy atom. The molecule has 0 aliphatic carbocycles. The normalized spacial score (nSPS) is 10.7. The Morgan fingerprint density at radius 1 is 1.33 bits per heavy atom. The van der Waals surface area contributed by atoms with Crippen molar-refractivity contribution in [1.82, 2.24) is 0 Å². The molecule has 0 heterocycles. The lowest BCUT2D eigenvalue weighted by molar-refractivity contribution is 0.0816. The van der Waals surface area contributed by atoms with Gasteiger partial charge in [0.05, 0.1) is 6.61 Å². The van der Waals surface area contributed by atoms with Crippen molar-refractivity contribution < 1.29 is 14.3 Å². The number of ether oxygens (including phenoxy) is 2. The van der Waals surface area contributed by atoms with Crippen molar-refractivity contribution in [3.05, 3.63) is 29.3 Å².